The number of nitrogens with one attached hydrogen (secondary N) is 2. The zero-order valence-electron chi connectivity index (χ0n) is 21.5. The molecule has 3 aromatic rings. The lowest BCUT2D eigenvalue weighted by Crippen LogP contribution is -2.54. The van der Waals surface area contributed by atoms with Crippen LogP contribution in [0.3, 0.4) is 0 Å². The Balaban J connectivity index is 1.58. The summed E-state index contributed by atoms with van der Waals surface area (Å²) in [7, 11) is 0. The van der Waals surface area contributed by atoms with Crippen molar-refractivity contribution in [1.82, 2.24) is 5.32 Å². The van der Waals surface area contributed by atoms with Gasteiger partial charge in [-0.05, 0) is 86.1 Å². The van der Waals surface area contributed by atoms with Gasteiger partial charge in [0.1, 0.15) is 5.57 Å². The molecule has 0 aromatic heterocycles. The summed E-state index contributed by atoms with van der Waals surface area (Å²) in [4.78, 5) is 39.8. The van der Waals surface area contributed by atoms with Crippen molar-refractivity contribution >= 4 is 64.1 Å². The summed E-state index contributed by atoms with van der Waals surface area (Å²) in [6.45, 7) is 5.65. The van der Waals surface area contributed by atoms with E-state index in [1.54, 1.807) is 37.3 Å². The third-order valence-corrected chi connectivity index (χ3v) is 6.55. The van der Waals surface area contributed by atoms with E-state index in [2.05, 4.69) is 10.6 Å². The highest BCUT2D eigenvalue weighted by Gasteiger charge is 2.34. The maximum absolute atomic E-state index is 13.3. The highest BCUT2D eigenvalue weighted by atomic mass is 35.5. The van der Waals surface area contributed by atoms with Gasteiger partial charge in [0.15, 0.2) is 23.2 Å². The number of benzene rings is 3. The Kier molecular flexibility index (Phi) is 8.63. The summed E-state index contributed by atoms with van der Waals surface area (Å²) in [6, 6.07) is 17.5. The fraction of sp³-hybridized carbons (Fsp3) is 0.172. The van der Waals surface area contributed by atoms with Crippen LogP contribution in [-0.2, 0) is 14.4 Å². The Hall–Kier alpha value is -4.21. The molecule has 10 heteroatoms. The van der Waals surface area contributed by atoms with Crippen molar-refractivity contribution in [1.29, 1.82) is 0 Å². The van der Waals surface area contributed by atoms with Gasteiger partial charge in [0.25, 0.3) is 17.7 Å². The molecule has 2 N–H and O–H groups in total. The standard InChI is InChI=1S/C29H26ClN3O5S/c1-4-37-24-15-19(13-21-27(35)32-29(39)33(28(21)36)20-10-6-5-7-11-20)14-22(30)26(24)38-16-25(34)31-23-12-8-9-17(2)18(23)3/h5-15H,4,16H2,1-3H3,(H,31,34)(H,32,35,39)/b21-13-. The number of anilines is 2. The van der Waals surface area contributed by atoms with Gasteiger partial charge in [-0.25, -0.2) is 0 Å². The molecule has 1 fully saturated rings. The van der Waals surface area contributed by atoms with E-state index in [0.29, 0.717) is 16.9 Å². The summed E-state index contributed by atoms with van der Waals surface area (Å²) in [6.07, 6.45) is 1.40. The van der Waals surface area contributed by atoms with Crippen LogP contribution in [-0.4, -0.2) is 36.0 Å². The van der Waals surface area contributed by atoms with Crippen LogP contribution in [0.15, 0.2) is 66.2 Å². The highest BCUT2D eigenvalue weighted by Crippen LogP contribution is 2.37. The third-order valence-electron chi connectivity index (χ3n) is 5.99. The number of rotatable bonds is 8. The van der Waals surface area contributed by atoms with Gasteiger partial charge in [-0.1, -0.05) is 41.9 Å². The second-order valence-electron chi connectivity index (χ2n) is 8.64. The number of hydrogen-bond donors (Lipinski definition) is 2. The predicted molar refractivity (Wildman–Crippen MR) is 155 cm³/mol. The minimum Gasteiger partial charge on any atom is -0.490 e. The SMILES string of the molecule is CCOc1cc(/C=C2/C(=O)NC(=S)N(c3ccccc3)C2=O)cc(Cl)c1OCC(=O)Nc1cccc(C)c1C. The van der Waals surface area contributed by atoms with Crippen LogP contribution in [0.5, 0.6) is 11.5 Å². The number of carbonyl (C=O) groups is 3. The summed E-state index contributed by atoms with van der Waals surface area (Å²) in [5.74, 6) is -1.14. The molecule has 1 aliphatic rings. The number of carbonyl (C=O) groups excluding carboxylic acids is 3. The first-order chi connectivity index (χ1) is 18.7. The van der Waals surface area contributed by atoms with Crippen molar-refractivity contribution in [2.75, 3.05) is 23.4 Å². The van der Waals surface area contributed by atoms with Crippen LogP contribution in [0.4, 0.5) is 11.4 Å². The van der Waals surface area contributed by atoms with E-state index in [9.17, 15) is 14.4 Å². The van der Waals surface area contributed by atoms with Crippen molar-refractivity contribution in [3.63, 3.8) is 0 Å². The van der Waals surface area contributed by atoms with Crippen molar-refractivity contribution in [3.8, 4) is 11.5 Å². The molecular formula is C29H26ClN3O5S. The second kappa shape index (κ2) is 12.1. The lowest BCUT2D eigenvalue weighted by molar-refractivity contribution is -0.122. The molecule has 8 nitrogen and oxygen atoms in total. The maximum Gasteiger partial charge on any atom is 0.270 e. The van der Waals surface area contributed by atoms with Gasteiger partial charge in [0.05, 0.1) is 17.3 Å². The van der Waals surface area contributed by atoms with Gasteiger partial charge in [0, 0.05) is 5.69 Å². The highest BCUT2D eigenvalue weighted by molar-refractivity contribution is 7.80. The van der Waals surface area contributed by atoms with Crippen LogP contribution in [0.2, 0.25) is 5.02 Å². The van der Waals surface area contributed by atoms with Gasteiger partial charge in [-0.15, -0.1) is 0 Å². The summed E-state index contributed by atoms with van der Waals surface area (Å²) in [5.41, 5.74) is 3.53. The molecule has 0 unspecified atom stereocenters. The molecule has 1 heterocycles. The van der Waals surface area contributed by atoms with Gasteiger partial charge < -0.3 is 14.8 Å². The van der Waals surface area contributed by atoms with Crippen molar-refractivity contribution < 1.29 is 23.9 Å². The van der Waals surface area contributed by atoms with Crippen LogP contribution in [0.25, 0.3) is 6.08 Å². The van der Waals surface area contributed by atoms with Crippen LogP contribution < -0.4 is 25.0 Å². The zero-order chi connectivity index (χ0) is 28.1. The average Bonchev–Trinajstić information content (AvgIpc) is 2.89. The molecule has 0 bridgehead atoms. The first kappa shape index (κ1) is 27.8. The molecule has 0 atom stereocenters. The Morgan fingerprint density at radius 1 is 1.08 bits per heavy atom. The van der Waals surface area contributed by atoms with E-state index >= 15 is 0 Å². The molecule has 3 amide bonds. The molecule has 0 saturated carbocycles. The molecule has 39 heavy (non-hydrogen) atoms. The lowest BCUT2D eigenvalue weighted by atomic mass is 10.1. The number of nitrogens with zero attached hydrogens (tertiary/aromatic N) is 1. The molecule has 3 aromatic carbocycles. The minimum atomic E-state index is -0.630. The number of amides is 3. The van der Waals surface area contributed by atoms with E-state index in [1.807, 2.05) is 38.1 Å². The Morgan fingerprint density at radius 3 is 2.54 bits per heavy atom. The Morgan fingerprint density at radius 2 is 1.82 bits per heavy atom. The molecule has 200 valence electrons. The van der Waals surface area contributed by atoms with E-state index in [-0.39, 0.29) is 46.3 Å². The smallest absolute Gasteiger partial charge is 0.270 e. The molecule has 0 spiro atoms. The molecule has 1 saturated heterocycles. The summed E-state index contributed by atoms with van der Waals surface area (Å²) in [5, 5.41) is 5.52. The van der Waals surface area contributed by atoms with Crippen molar-refractivity contribution in [3.05, 3.63) is 87.9 Å². The first-order valence-electron chi connectivity index (χ1n) is 12.1. The van der Waals surface area contributed by atoms with Crippen LogP contribution >= 0.6 is 23.8 Å². The lowest BCUT2D eigenvalue weighted by Gasteiger charge is -2.28. The van der Waals surface area contributed by atoms with Crippen molar-refractivity contribution in [2.24, 2.45) is 0 Å². The maximum atomic E-state index is 13.3. The van der Waals surface area contributed by atoms with E-state index in [1.165, 1.54) is 17.0 Å². The van der Waals surface area contributed by atoms with Crippen LogP contribution in [0.1, 0.15) is 23.6 Å². The van der Waals surface area contributed by atoms with Gasteiger partial charge in [-0.2, -0.15) is 0 Å². The van der Waals surface area contributed by atoms with E-state index in [0.717, 1.165) is 11.1 Å². The van der Waals surface area contributed by atoms with Gasteiger partial charge in [0.2, 0.25) is 0 Å². The van der Waals surface area contributed by atoms with Gasteiger partial charge in [-0.3, -0.25) is 24.6 Å². The molecular weight excluding hydrogens is 538 g/mol. The Bertz CT molecular complexity index is 1490. The molecule has 1 aliphatic heterocycles. The van der Waals surface area contributed by atoms with Crippen molar-refractivity contribution in [2.45, 2.75) is 20.8 Å². The van der Waals surface area contributed by atoms with Gasteiger partial charge >= 0.3 is 0 Å². The summed E-state index contributed by atoms with van der Waals surface area (Å²) < 4.78 is 11.4. The largest absolute Gasteiger partial charge is 0.490 e. The first-order valence-corrected chi connectivity index (χ1v) is 12.9. The predicted octanol–water partition coefficient (Wildman–Crippen LogP) is 5.20. The average molecular weight is 564 g/mol. The number of hydrogen-bond acceptors (Lipinski definition) is 6. The number of halogens is 1. The fourth-order valence-corrected chi connectivity index (χ4v) is 4.48. The zero-order valence-corrected chi connectivity index (χ0v) is 23.1. The number of ether oxygens (including phenoxy) is 2. The fourth-order valence-electron chi connectivity index (χ4n) is 3.92. The third kappa shape index (κ3) is 6.27. The van der Waals surface area contributed by atoms with E-state index < -0.39 is 11.8 Å². The Labute approximate surface area is 236 Å². The normalized spacial score (nSPS) is 14.3. The molecule has 0 aliphatic carbocycles. The minimum absolute atomic E-state index is 0.00994. The second-order valence-corrected chi connectivity index (χ2v) is 9.43. The number of para-hydroxylation sites is 1. The van der Waals surface area contributed by atoms with E-state index in [4.69, 9.17) is 33.3 Å². The molecule has 0 radical (unpaired) electrons. The number of thiocarbonyl (C=S) groups is 1. The molecule has 4 rings (SSSR count). The number of aryl methyl sites for hydroxylation is 1. The quantitative estimate of drug-likeness (QED) is 0.222. The van der Waals surface area contributed by atoms with Crippen LogP contribution in [0, 0.1) is 13.8 Å². The topological polar surface area (TPSA) is 97.0 Å². The monoisotopic (exact) mass is 563 g/mol. The summed E-state index contributed by atoms with van der Waals surface area (Å²) >= 11 is 11.7.